The van der Waals surface area contributed by atoms with Gasteiger partial charge in [0, 0.05) is 0 Å². The van der Waals surface area contributed by atoms with E-state index in [1.54, 1.807) is 11.3 Å². The van der Waals surface area contributed by atoms with Crippen LogP contribution in [0.1, 0.15) is 45.1 Å². The summed E-state index contributed by atoms with van der Waals surface area (Å²) in [4.78, 5) is 0. The highest BCUT2D eigenvalue weighted by Crippen LogP contribution is 2.25. The number of anilines is 1. The van der Waals surface area contributed by atoms with E-state index in [1.807, 2.05) is 0 Å². The van der Waals surface area contributed by atoms with Crippen LogP contribution in [-0.2, 0) is 6.42 Å². The molecule has 1 unspecified atom stereocenters. The molecule has 80 valence electrons. The van der Waals surface area contributed by atoms with Gasteiger partial charge in [-0.15, -0.1) is 11.3 Å². The zero-order chi connectivity index (χ0) is 10.4. The summed E-state index contributed by atoms with van der Waals surface area (Å²) >= 11 is 1.66. The van der Waals surface area contributed by atoms with Crippen LogP contribution < -0.4 is 5.73 Å². The molecule has 0 aliphatic heterocycles. The smallest absolute Gasteiger partial charge is 0.0888 e. The van der Waals surface area contributed by atoms with Crippen LogP contribution in [0.15, 0.2) is 11.4 Å². The van der Waals surface area contributed by atoms with Crippen molar-refractivity contribution in [2.45, 2.75) is 46.0 Å². The summed E-state index contributed by atoms with van der Waals surface area (Å²) in [6, 6.07) is 2.18. The van der Waals surface area contributed by atoms with Crippen molar-refractivity contribution in [3.63, 3.8) is 0 Å². The van der Waals surface area contributed by atoms with Gasteiger partial charge in [0.15, 0.2) is 0 Å². The van der Waals surface area contributed by atoms with Crippen molar-refractivity contribution in [1.29, 1.82) is 0 Å². The van der Waals surface area contributed by atoms with Crippen molar-refractivity contribution in [2.75, 3.05) is 5.73 Å². The molecule has 0 amide bonds. The molecule has 1 heterocycles. The van der Waals surface area contributed by atoms with Crippen LogP contribution in [0.2, 0.25) is 0 Å². The maximum Gasteiger partial charge on any atom is 0.0888 e. The summed E-state index contributed by atoms with van der Waals surface area (Å²) in [5.74, 6) is 0.826. The minimum atomic E-state index is 0.826. The van der Waals surface area contributed by atoms with Gasteiger partial charge in [-0.1, -0.05) is 39.5 Å². The van der Waals surface area contributed by atoms with Crippen LogP contribution in [0.25, 0.3) is 0 Å². The lowest BCUT2D eigenvalue weighted by Gasteiger charge is -2.13. The van der Waals surface area contributed by atoms with Crippen LogP contribution in [0.5, 0.6) is 0 Å². The highest BCUT2D eigenvalue weighted by Gasteiger charge is 2.09. The molecule has 0 saturated heterocycles. The first-order valence-electron chi connectivity index (χ1n) is 5.59. The Hall–Kier alpha value is -0.500. The Morgan fingerprint density at radius 3 is 2.71 bits per heavy atom. The van der Waals surface area contributed by atoms with E-state index in [2.05, 4.69) is 25.3 Å². The van der Waals surface area contributed by atoms with E-state index >= 15 is 0 Å². The Morgan fingerprint density at radius 1 is 1.43 bits per heavy atom. The molecule has 1 atom stereocenters. The minimum absolute atomic E-state index is 0.826. The van der Waals surface area contributed by atoms with Gasteiger partial charge >= 0.3 is 0 Å². The first-order valence-corrected chi connectivity index (χ1v) is 6.47. The molecule has 0 aromatic carbocycles. The molecule has 1 nitrogen and oxygen atoms in total. The second-order valence-electron chi connectivity index (χ2n) is 3.93. The number of rotatable bonds is 6. The third kappa shape index (κ3) is 3.33. The van der Waals surface area contributed by atoms with E-state index < -0.39 is 0 Å². The molecule has 2 heteroatoms. The predicted molar refractivity (Wildman–Crippen MR) is 65.7 cm³/mol. The van der Waals surface area contributed by atoms with Crippen molar-refractivity contribution in [3.05, 3.63) is 17.0 Å². The average Bonchev–Trinajstić information content (AvgIpc) is 2.59. The lowest BCUT2D eigenvalue weighted by atomic mass is 9.93. The molecule has 1 aromatic rings. The van der Waals surface area contributed by atoms with Crippen LogP contribution in [0.3, 0.4) is 0 Å². The summed E-state index contributed by atoms with van der Waals surface area (Å²) in [5, 5.41) is 3.11. The summed E-state index contributed by atoms with van der Waals surface area (Å²) in [5.41, 5.74) is 7.25. The largest absolute Gasteiger partial charge is 0.390 e. The second kappa shape index (κ2) is 6.07. The predicted octanol–water partition coefficient (Wildman–Crippen LogP) is 4.09. The third-order valence-electron chi connectivity index (χ3n) is 2.83. The first-order chi connectivity index (χ1) is 6.77. The van der Waals surface area contributed by atoms with Gasteiger partial charge in [-0.25, -0.2) is 0 Å². The molecule has 0 aliphatic rings. The number of hydrogen-bond acceptors (Lipinski definition) is 2. The van der Waals surface area contributed by atoms with Gasteiger partial charge in [-0.2, -0.15) is 0 Å². The zero-order valence-electron chi connectivity index (χ0n) is 9.25. The molecular formula is C12H21NS. The van der Waals surface area contributed by atoms with E-state index in [9.17, 15) is 0 Å². The fourth-order valence-electron chi connectivity index (χ4n) is 1.77. The van der Waals surface area contributed by atoms with Crippen LogP contribution >= 0.6 is 11.3 Å². The van der Waals surface area contributed by atoms with Gasteiger partial charge in [-0.05, 0) is 29.3 Å². The SMILES string of the molecule is CCCCC(CC)Cc1ccsc1N. The van der Waals surface area contributed by atoms with Crippen molar-refractivity contribution in [2.24, 2.45) is 5.92 Å². The molecular weight excluding hydrogens is 190 g/mol. The summed E-state index contributed by atoms with van der Waals surface area (Å²) < 4.78 is 0. The van der Waals surface area contributed by atoms with Gasteiger partial charge in [0.1, 0.15) is 0 Å². The Labute approximate surface area is 91.3 Å². The van der Waals surface area contributed by atoms with Crippen LogP contribution in [-0.4, -0.2) is 0 Å². The van der Waals surface area contributed by atoms with E-state index in [-0.39, 0.29) is 0 Å². The number of hydrogen-bond donors (Lipinski definition) is 1. The third-order valence-corrected chi connectivity index (χ3v) is 3.62. The zero-order valence-corrected chi connectivity index (χ0v) is 10.1. The van der Waals surface area contributed by atoms with Gasteiger partial charge < -0.3 is 5.73 Å². The molecule has 0 bridgehead atoms. The molecule has 0 saturated carbocycles. The minimum Gasteiger partial charge on any atom is -0.390 e. The fourth-order valence-corrected chi connectivity index (χ4v) is 2.45. The van der Waals surface area contributed by atoms with E-state index in [0.717, 1.165) is 10.9 Å². The van der Waals surface area contributed by atoms with Crippen molar-refractivity contribution >= 4 is 16.3 Å². The molecule has 14 heavy (non-hydrogen) atoms. The Balaban J connectivity index is 2.44. The first kappa shape index (κ1) is 11.6. The van der Waals surface area contributed by atoms with Gasteiger partial charge in [-0.3, -0.25) is 0 Å². The Kier molecular flexibility index (Phi) is 5.02. The van der Waals surface area contributed by atoms with Crippen LogP contribution in [0, 0.1) is 5.92 Å². The summed E-state index contributed by atoms with van der Waals surface area (Å²) in [6.45, 7) is 4.54. The molecule has 0 spiro atoms. The number of nitrogen functional groups attached to an aromatic ring is 1. The molecule has 0 aliphatic carbocycles. The molecule has 0 radical (unpaired) electrons. The number of nitrogens with two attached hydrogens (primary N) is 1. The highest BCUT2D eigenvalue weighted by atomic mass is 32.1. The summed E-state index contributed by atoms with van der Waals surface area (Å²) in [6.07, 6.45) is 6.45. The Bertz CT molecular complexity index is 255. The second-order valence-corrected chi connectivity index (χ2v) is 4.88. The molecule has 0 fully saturated rings. The summed E-state index contributed by atoms with van der Waals surface area (Å²) in [7, 11) is 0. The molecule has 1 rings (SSSR count). The number of thiophene rings is 1. The maximum absolute atomic E-state index is 5.89. The maximum atomic E-state index is 5.89. The molecule has 1 aromatic heterocycles. The average molecular weight is 211 g/mol. The monoisotopic (exact) mass is 211 g/mol. The van der Waals surface area contributed by atoms with Crippen molar-refractivity contribution in [1.82, 2.24) is 0 Å². The van der Waals surface area contributed by atoms with Gasteiger partial charge in [0.2, 0.25) is 0 Å². The van der Waals surface area contributed by atoms with Crippen molar-refractivity contribution < 1.29 is 0 Å². The standard InChI is InChI=1S/C12H21NS/c1-3-5-6-10(4-2)9-11-7-8-14-12(11)13/h7-8,10H,3-6,9,13H2,1-2H3. The van der Waals surface area contributed by atoms with E-state index in [4.69, 9.17) is 5.73 Å². The fraction of sp³-hybridized carbons (Fsp3) is 0.667. The lowest BCUT2D eigenvalue weighted by Crippen LogP contribution is -2.04. The topological polar surface area (TPSA) is 26.0 Å². The quantitative estimate of drug-likeness (QED) is 0.753. The lowest BCUT2D eigenvalue weighted by molar-refractivity contribution is 0.450. The van der Waals surface area contributed by atoms with Crippen LogP contribution in [0.4, 0.5) is 5.00 Å². The number of unbranched alkanes of at least 4 members (excludes halogenated alkanes) is 1. The normalized spacial score (nSPS) is 13.0. The van der Waals surface area contributed by atoms with Gasteiger partial charge in [0.05, 0.1) is 5.00 Å². The van der Waals surface area contributed by atoms with E-state index in [0.29, 0.717) is 0 Å². The molecule has 2 N–H and O–H groups in total. The Morgan fingerprint density at radius 2 is 2.21 bits per heavy atom. The van der Waals surface area contributed by atoms with Crippen molar-refractivity contribution in [3.8, 4) is 0 Å². The highest BCUT2D eigenvalue weighted by molar-refractivity contribution is 7.14. The van der Waals surface area contributed by atoms with E-state index in [1.165, 1.54) is 37.7 Å². The van der Waals surface area contributed by atoms with Gasteiger partial charge in [0.25, 0.3) is 0 Å².